The van der Waals surface area contributed by atoms with Crippen molar-refractivity contribution in [1.82, 2.24) is 19.4 Å². The lowest BCUT2D eigenvalue weighted by atomic mass is 9.93. The summed E-state index contributed by atoms with van der Waals surface area (Å²) in [6.07, 6.45) is 4.56. The van der Waals surface area contributed by atoms with Crippen LogP contribution < -0.4 is 0 Å². The standard InChI is InChI=1S/C30H34N4O2/c35-30(36)33-19-17-27(34-23-31-28-15-7-8-16-29(28)34)20-26(33)14-9-18-32(21-24-10-3-1-4-11-24)22-25-12-5-2-6-13-25/h1-8,10-13,15-16,23,26-27H,9,14,17-22H2,(H,35,36)/t26-,27-/m0/s1. The van der Waals surface area contributed by atoms with Crippen LogP contribution >= 0.6 is 0 Å². The number of carbonyl (C=O) groups is 1. The zero-order chi connectivity index (χ0) is 24.7. The largest absolute Gasteiger partial charge is 0.465 e. The number of benzene rings is 3. The number of carboxylic acid groups (broad SMARTS) is 1. The molecule has 1 fully saturated rings. The highest BCUT2D eigenvalue weighted by Gasteiger charge is 2.32. The molecule has 0 saturated carbocycles. The van der Waals surface area contributed by atoms with Gasteiger partial charge in [-0.1, -0.05) is 72.8 Å². The molecule has 1 aromatic heterocycles. The van der Waals surface area contributed by atoms with Crippen LogP contribution in [-0.4, -0.2) is 49.7 Å². The van der Waals surface area contributed by atoms with Gasteiger partial charge in [-0.05, 0) is 55.5 Å². The molecule has 0 unspecified atom stereocenters. The van der Waals surface area contributed by atoms with Gasteiger partial charge in [-0.15, -0.1) is 0 Å². The average Bonchev–Trinajstić information content (AvgIpc) is 3.34. The normalized spacial score (nSPS) is 18.1. The minimum atomic E-state index is -0.806. The Bertz CT molecular complexity index is 1220. The minimum absolute atomic E-state index is 0.0118. The van der Waals surface area contributed by atoms with E-state index in [0.29, 0.717) is 6.54 Å². The number of nitrogens with zero attached hydrogens (tertiary/aromatic N) is 4. The fourth-order valence-corrected chi connectivity index (χ4v) is 5.53. The second-order valence-electron chi connectivity index (χ2n) is 9.77. The lowest BCUT2D eigenvalue weighted by molar-refractivity contribution is 0.0858. The topological polar surface area (TPSA) is 61.6 Å². The van der Waals surface area contributed by atoms with E-state index in [1.165, 1.54) is 11.1 Å². The number of fused-ring (bicyclic) bond motifs is 1. The fourth-order valence-electron chi connectivity index (χ4n) is 5.53. The third-order valence-electron chi connectivity index (χ3n) is 7.32. The van der Waals surface area contributed by atoms with Crippen molar-refractivity contribution in [3.63, 3.8) is 0 Å². The molecule has 6 heteroatoms. The molecule has 0 bridgehead atoms. The van der Waals surface area contributed by atoms with E-state index in [9.17, 15) is 9.90 Å². The first-order chi connectivity index (χ1) is 17.7. The van der Waals surface area contributed by atoms with Gasteiger partial charge in [0.05, 0.1) is 17.4 Å². The monoisotopic (exact) mass is 482 g/mol. The quantitative estimate of drug-likeness (QED) is 0.308. The second-order valence-corrected chi connectivity index (χ2v) is 9.77. The first kappa shape index (κ1) is 24.1. The van der Waals surface area contributed by atoms with Gasteiger partial charge in [-0.2, -0.15) is 0 Å². The maximum atomic E-state index is 12.0. The van der Waals surface area contributed by atoms with Gasteiger partial charge < -0.3 is 14.6 Å². The molecule has 0 aliphatic carbocycles. The van der Waals surface area contributed by atoms with Crippen molar-refractivity contribution in [2.45, 2.75) is 50.9 Å². The predicted molar refractivity (Wildman–Crippen MR) is 143 cm³/mol. The molecule has 6 nitrogen and oxygen atoms in total. The summed E-state index contributed by atoms with van der Waals surface area (Å²) in [5.41, 5.74) is 4.71. The number of aromatic nitrogens is 2. The first-order valence-electron chi connectivity index (χ1n) is 12.9. The Morgan fingerprint density at radius 1 is 0.917 bits per heavy atom. The average molecular weight is 483 g/mol. The summed E-state index contributed by atoms with van der Waals surface area (Å²) in [6.45, 7) is 3.25. The molecule has 2 heterocycles. The SMILES string of the molecule is O=C(O)N1CC[C@H](n2cnc3ccccc32)C[C@@H]1CCCN(Cc1ccccc1)Cc1ccccc1. The van der Waals surface area contributed by atoms with Gasteiger partial charge in [0, 0.05) is 31.7 Å². The Kier molecular flexibility index (Phi) is 7.62. The van der Waals surface area contributed by atoms with Gasteiger partial charge in [-0.3, -0.25) is 4.90 Å². The molecule has 4 aromatic rings. The smallest absolute Gasteiger partial charge is 0.407 e. The summed E-state index contributed by atoms with van der Waals surface area (Å²) >= 11 is 0. The van der Waals surface area contributed by atoms with E-state index in [4.69, 9.17) is 0 Å². The van der Waals surface area contributed by atoms with E-state index >= 15 is 0 Å². The van der Waals surface area contributed by atoms with E-state index in [1.807, 2.05) is 24.5 Å². The van der Waals surface area contributed by atoms with E-state index < -0.39 is 6.09 Å². The Labute approximate surface area is 212 Å². The van der Waals surface area contributed by atoms with E-state index in [1.54, 1.807) is 4.90 Å². The Morgan fingerprint density at radius 2 is 1.56 bits per heavy atom. The molecule has 5 rings (SSSR count). The number of piperidine rings is 1. The molecule has 1 aliphatic rings. The molecule has 0 spiro atoms. The van der Waals surface area contributed by atoms with Crippen LogP contribution in [0.5, 0.6) is 0 Å². The number of imidazole rings is 1. The van der Waals surface area contributed by atoms with Crippen LogP contribution in [0, 0.1) is 0 Å². The van der Waals surface area contributed by atoms with E-state index in [-0.39, 0.29) is 12.1 Å². The third-order valence-corrected chi connectivity index (χ3v) is 7.32. The summed E-state index contributed by atoms with van der Waals surface area (Å²) in [5, 5.41) is 9.89. The summed E-state index contributed by atoms with van der Waals surface area (Å²) in [6, 6.07) is 29.6. The summed E-state index contributed by atoms with van der Waals surface area (Å²) in [4.78, 5) is 20.7. The summed E-state index contributed by atoms with van der Waals surface area (Å²) in [5.74, 6) is 0. The molecule has 1 saturated heterocycles. The molecular weight excluding hydrogens is 448 g/mol. The van der Waals surface area contributed by atoms with Gasteiger partial charge in [0.15, 0.2) is 0 Å². The number of hydrogen-bond acceptors (Lipinski definition) is 3. The second kappa shape index (κ2) is 11.4. The Balaban J connectivity index is 1.26. The van der Waals surface area contributed by atoms with Gasteiger partial charge >= 0.3 is 6.09 Å². The predicted octanol–water partition coefficient (Wildman–Crippen LogP) is 6.20. The van der Waals surface area contributed by atoms with E-state index in [2.05, 4.69) is 81.2 Å². The number of amides is 1. The van der Waals surface area contributed by atoms with Crippen molar-refractivity contribution >= 4 is 17.1 Å². The minimum Gasteiger partial charge on any atom is -0.465 e. The molecule has 186 valence electrons. The molecule has 1 aliphatic heterocycles. The molecule has 0 radical (unpaired) electrons. The third kappa shape index (κ3) is 5.77. The lowest BCUT2D eigenvalue weighted by Crippen LogP contribution is -2.46. The number of rotatable bonds is 9. The number of likely N-dealkylation sites (tertiary alicyclic amines) is 1. The van der Waals surface area contributed by atoms with Crippen LogP contribution in [0.1, 0.15) is 42.9 Å². The molecule has 1 N–H and O–H groups in total. The number of para-hydroxylation sites is 2. The molecular formula is C30H34N4O2. The molecule has 2 atom stereocenters. The van der Waals surface area contributed by atoms with Crippen molar-refractivity contribution < 1.29 is 9.90 Å². The summed E-state index contributed by atoms with van der Waals surface area (Å²) in [7, 11) is 0. The van der Waals surface area contributed by atoms with Crippen molar-refractivity contribution in [3.8, 4) is 0 Å². The van der Waals surface area contributed by atoms with Gasteiger partial charge in [0.1, 0.15) is 0 Å². The number of hydrogen-bond donors (Lipinski definition) is 1. The van der Waals surface area contributed by atoms with Crippen LogP contribution in [0.2, 0.25) is 0 Å². The van der Waals surface area contributed by atoms with Crippen molar-refractivity contribution in [2.75, 3.05) is 13.1 Å². The highest BCUT2D eigenvalue weighted by molar-refractivity contribution is 5.75. The Morgan fingerprint density at radius 3 is 2.22 bits per heavy atom. The van der Waals surface area contributed by atoms with Crippen LogP contribution in [0.15, 0.2) is 91.3 Å². The maximum Gasteiger partial charge on any atom is 0.407 e. The van der Waals surface area contributed by atoms with Crippen molar-refractivity contribution in [3.05, 3.63) is 102 Å². The zero-order valence-electron chi connectivity index (χ0n) is 20.6. The Hall–Kier alpha value is -3.64. The maximum absolute atomic E-state index is 12.0. The van der Waals surface area contributed by atoms with Gasteiger partial charge in [0.2, 0.25) is 0 Å². The summed E-state index contributed by atoms with van der Waals surface area (Å²) < 4.78 is 2.25. The molecule has 36 heavy (non-hydrogen) atoms. The van der Waals surface area contributed by atoms with Crippen molar-refractivity contribution in [2.24, 2.45) is 0 Å². The van der Waals surface area contributed by atoms with Crippen molar-refractivity contribution in [1.29, 1.82) is 0 Å². The fraction of sp³-hybridized carbons (Fsp3) is 0.333. The van der Waals surface area contributed by atoms with Crippen LogP contribution in [0.3, 0.4) is 0 Å². The van der Waals surface area contributed by atoms with Gasteiger partial charge in [-0.25, -0.2) is 9.78 Å². The van der Waals surface area contributed by atoms with Crippen LogP contribution in [0.4, 0.5) is 4.79 Å². The molecule has 1 amide bonds. The lowest BCUT2D eigenvalue weighted by Gasteiger charge is -2.39. The van der Waals surface area contributed by atoms with E-state index in [0.717, 1.165) is 56.4 Å². The zero-order valence-corrected chi connectivity index (χ0v) is 20.6. The highest BCUT2D eigenvalue weighted by Crippen LogP contribution is 2.32. The van der Waals surface area contributed by atoms with Crippen LogP contribution in [0.25, 0.3) is 11.0 Å². The van der Waals surface area contributed by atoms with Gasteiger partial charge in [0.25, 0.3) is 0 Å². The highest BCUT2D eigenvalue weighted by atomic mass is 16.4. The molecule has 3 aromatic carbocycles. The first-order valence-corrected chi connectivity index (χ1v) is 12.9. The van der Waals surface area contributed by atoms with Crippen LogP contribution in [-0.2, 0) is 13.1 Å².